The summed E-state index contributed by atoms with van der Waals surface area (Å²) in [4.78, 5) is 10.8. The summed E-state index contributed by atoms with van der Waals surface area (Å²) in [7, 11) is 0. The third-order valence-corrected chi connectivity index (χ3v) is 2.93. The first-order valence-corrected chi connectivity index (χ1v) is 5.10. The van der Waals surface area contributed by atoms with Crippen LogP contribution in [0.1, 0.15) is 6.92 Å². The molecule has 0 radical (unpaired) electrons. The molecule has 2 rings (SSSR count). The molecule has 2 unspecified atom stereocenters. The van der Waals surface area contributed by atoms with Crippen molar-refractivity contribution >= 4 is 5.97 Å². The van der Waals surface area contributed by atoms with Gasteiger partial charge in [-0.05, 0) is 0 Å². The molecule has 17 heavy (non-hydrogen) atoms. The third-order valence-electron chi connectivity index (χ3n) is 2.93. The van der Waals surface area contributed by atoms with E-state index in [-0.39, 0.29) is 6.61 Å². The Hall–Kier alpha value is -0.770. The number of carboxylic acid groups (broad SMARTS) is 1. The highest BCUT2D eigenvalue weighted by Gasteiger charge is 2.53. The van der Waals surface area contributed by atoms with Gasteiger partial charge in [0.25, 0.3) is 5.79 Å². The van der Waals surface area contributed by atoms with Crippen molar-refractivity contribution in [2.24, 2.45) is 0 Å². The number of carbonyl (C=O) groups is 1. The standard InChI is InChI=1S/C9H14O8/c1-9(8(13)14)15-2-3(17-9)6-4(10)5(11)7(12)16-6/h3-7,10-12H,2H2,1H3,(H,13,14)/t3-,4-,5-,6+,7?,9?/m1/s1. The van der Waals surface area contributed by atoms with Gasteiger partial charge in [-0.15, -0.1) is 0 Å². The Balaban J connectivity index is 2.05. The van der Waals surface area contributed by atoms with E-state index in [1.54, 1.807) is 0 Å². The van der Waals surface area contributed by atoms with Crippen LogP contribution in [0.2, 0.25) is 0 Å². The zero-order valence-corrected chi connectivity index (χ0v) is 9.02. The highest BCUT2D eigenvalue weighted by molar-refractivity contribution is 5.75. The van der Waals surface area contributed by atoms with E-state index in [1.165, 1.54) is 6.92 Å². The zero-order chi connectivity index (χ0) is 12.8. The third kappa shape index (κ3) is 2.03. The van der Waals surface area contributed by atoms with Crippen molar-refractivity contribution in [3.63, 3.8) is 0 Å². The van der Waals surface area contributed by atoms with Gasteiger partial charge < -0.3 is 34.6 Å². The van der Waals surface area contributed by atoms with Crippen LogP contribution in [0.15, 0.2) is 0 Å². The van der Waals surface area contributed by atoms with Crippen LogP contribution in [0.5, 0.6) is 0 Å². The number of carboxylic acids is 1. The Bertz CT molecular complexity index is 320. The van der Waals surface area contributed by atoms with E-state index >= 15 is 0 Å². The molecule has 2 fully saturated rings. The summed E-state index contributed by atoms with van der Waals surface area (Å²) in [5, 5.41) is 36.9. The predicted octanol–water partition coefficient (Wildman–Crippen LogP) is -2.36. The van der Waals surface area contributed by atoms with Crippen molar-refractivity contribution in [3.05, 3.63) is 0 Å². The molecule has 0 aromatic carbocycles. The molecule has 2 aliphatic heterocycles. The fraction of sp³-hybridized carbons (Fsp3) is 0.889. The smallest absolute Gasteiger partial charge is 0.364 e. The quantitative estimate of drug-likeness (QED) is 0.429. The zero-order valence-electron chi connectivity index (χ0n) is 9.02. The van der Waals surface area contributed by atoms with Gasteiger partial charge in [-0.3, -0.25) is 0 Å². The summed E-state index contributed by atoms with van der Waals surface area (Å²) < 4.78 is 15.0. The molecule has 4 N–H and O–H groups in total. The average Bonchev–Trinajstić information content (AvgIpc) is 2.77. The number of aliphatic carboxylic acids is 1. The summed E-state index contributed by atoms with van der Waals surface area (Å²) >= 11 is 0. The summed E-state index contributed by atoms with van der Waals surface area (Å²) in [6, 6.07) is 0. The van der Waals surface area contributed by atoms with E-state index in [0.29, 0.717) is 0 Å². The van der Waals surface area contributed by atoms with E-state index in [9.17, 15) is 20.1 Å². The fourth-order valence-corrected chi connectivity index (χ4v) is 1.86. The van der Waals surface area contributed by atoms with Gasteiger partial charge in [-0.1, -0.05) is 0 Å². The number of rotatable bonds is 2. The van der Waals surface area contributed by atoms with Crippen molar-refractivity contribution < 1.29 is 39.4 Å². The number of hydrogen-bond donors (Lipinski definition) is 4. The minimum Gasteiger partial charge on any atom is -0.477 e. The summed E-state index contributed by atoms with van der Waals surface area (Å²) in [6.45, 7) is 1.12. The van der Waals surface area contributed by atoms with Crippen LogP contribution in [0.25, 0.3) is 0 Å². The molecular weight excluding hydrogens is 236 g/mol. The highest BCUT2D eigenvalue weighted by Crippen LogP contribution is 2.31. The molecule has 0 bridgehead atoms. The lowest BCUT2D eigenvalue weighted by Gasteiger charge is -2.22. The maximum atomic E-state index is 10.8. The van der Waals surface area contributed by atoms with Gasteiger partial charge in [0.05, 0.1) is 6.61 Å². The SMILES string of the molecule is CC1(C(=O)O)OC[C@H]([C@@H]2OC(O)[C@H](O)[C@H]2O)O1. The van der Waals surface area contributed by atoms with Gasteiger partial charge in [-0.25, -0.2) is 4.79 Å². The number of aliphatic hydroxyl groups excluding tert-OH is 3. The molecule has 0 aromatic heterocycles. The van der Waals surface area contributed by atoms with Crippen LogP contribution in [-0.2, 0) is 19.0 Å². The molecule has 8 nitrogen and oxygen atoms in total. The van der Waals surface area contributed by atoms with E-state index in [0.717, 1.165) is 0 Å². The first kappa shape index (κ1) is 12.7. The van der Waals surface area contributed by atoms with Gasteiger partial charge in [0.15, 0.2) is 6.29 Å². The molecule has 0 aliphatic carbocycles. The van der Waals surface area contributed by atoms with Gasteiger partial charge in [0.2, 0.25) is 0 Å². The monoisotopic (exact) mass is 250 g/mol. The molecular formula is C9H14O8. The van der Waals surface area contributed by atoms with E-state index in [1.807, 2.05) is 0 Å². The van der Waals surface area contributed by atoms with Crippen molar-refractivity contribution in [3.8, 4) is 0 Å². The van der Waals surface area contributed by atoms with Crippen molar-refractivity contribution in [1.29, 1.82) is 0 Å². The lowest BCUT2D eigenvalue weighted by atomic mass is 10.1. The van der Waals surface area contributed by atoms with Gasteiger partial charge in [-0.2, -0.15) is 0 Å². The van der Waals surface area contributed by atoms with Crippen molar-refractivity contribution in [2.75, 3.05) is 6.61 Å². The molecule has 2 heterocycles. The average molecular weight is 250 g/mol. The summed E-state index contributed by atoms with van der Waals surface area (Å²) in [5.74, 6) is -3.10. The van der Waals surface area contributed by atoms with Gasteiger partial charge in [0.1, 0.15) is 24.4 Å². The Kier molecular flexibility index (Phi) is 3.10. The number of ether oxygens (including phenoxy) is 3. The number of hydrogen-bond acceptors (Lipinski definition) is 7. The Morgan fingerprint density at radius 2 is 1.94 bits per heavy atom. The minimum absolute atomic E-state index is 0.107. The molecule has 0 spiro atoms. The van der Waals surface area contributed by atoms with Crippen LogP contribution < -0.4 is 0 Å². The van der Waals surface area contributed by atoms with E-state index in [2.05, 4.69) is 0 Å². The van der Waals surface area contributed by atoms with Gasteiger partial charge in [0, 0.05) is 6.92 Å². The molecule has 0 saturated carbocycles. The lowest BCUT2D eigenvalue weighted by molar-refractivity contribution is -0.208. The van der Waals surface area contributed by atoms with E-state index < -0.39 is 42.5 Å². The van der Waals surface area contributed by atoms with Crippen molar-refractivity contribution in [1.82, 2.24) is 0 Å². The predicted molar refractivity (Wildman–Crippen MR) is 49.8 cm³/mol. The largest absolute Gasteiger partial charge is 0.477 e. The Morgan fingerprint density at radius 1 is 1.29 bits per heavy atom. The van der Waals surface area contributed by atoms with Crippen LogP contribution in [0.3, 0.4) is 0 Å². The minimum atomic E-state index is -1.80. The van der Waals surface area contributed by atoms with Crippen molar-refractivity contribution in [2.45, 2.75) is 43.4 Å². The first-order chi connectivity index (χ1) is 7.85. The van der Waals surface area contributed by atoms with Crippen LogP contribution in [-0.4, -0.2) is 69.5 Å². The second kappa shape index (κ2) is 4.16. The Labute approximate surface area is 96.3 Å². The number of aliphatic hydroxyl groups is 3. The van der Waals surface area contributed by atoms with Crippen LogP contribution >= 0.6 is 0 Å². The van der Waals surface area contributed by atoms with Crippen LogP contribution in [0, 0.1) is 0 Å². The first-order valence-electron chi connectivity index (χ1n) is 5.10. The molecule has 6 atom stereocenters. The molecule has 2 saturated heterocycles. The lowest BCUT2D eigenvalue weighted by Crippen LogP contribution is -2.42. The summed E-state index contributed by atoms with van der Waals surface area (Å²) in [5.41, 5.74) is 0. The maximum absolute atomic E-state index is 10.8. The summed E-state index contributed by atoms with van der Waals surface area (Å²) in [6.07, 6.45) is -6.20. The molecule has 8 heteroatoms. The Morgan fingerprint density at radius 3 is 2.35 bits per heavy atom. The van der Waals surface area contributed by atoms with Gasteiger partial charge >= 0.3 is 5.97 Å². The highest BCUT2D eigenvalue weighted by atomic mass is 16.8. The van der Waals surface area contributed by atoms with Crippen LogP contribution in [0.4, 0.5) is 0 Å². The molecule has 98 valence electrons. The maximum Gasteiger partial charge on any atom is 0.364 e. The molecule has 2 aliphatic rings. The molecule has 0 amide bonds. The topological polar surface area (TPSA) is 126 Å². The normalized spacial score (nSPS) is 50.7. The fourth-order valence-electron chi connectivity index (χ4n) is 1.86. The molecule has 0 aromatic rings. The second-order valence-corrected chi connectivity index (χ2v) is 4.19. The second-order valence-electron chi connectivity index (χ2n) is 4.19. The van der Waals surface area contributed by atoms with E-state index in [4.69, 9.17) is 19.3 Å².